The van der Waals surface area contributed by atoms with Gasteiger partial charge in [0.05, 0.1) is 5.92 Å². The summed E-state index contributed by atoms with van der Waals surface area (Å²) < 4.78 is 0. The Morgan fingerprint density at radius 1 is 1.28 bits per heavy atom. The van der Waals surface area contributed by atoms with Crippen molar-refractivity contribution in [2.24, 2.45) is 11.7 Å². The molecule has 0 bridgehead atoms. The quantitative estimate of drug-likeness (QED) is 0.798. The van der Waals surface area contributed by atoms with E-state index in [1.165, 1.54) is 11.8 Å². The number of amides is 2. The lowest BCUT2D eigenvalue weighted by Crippen LogP contribution is -2.28. The minimum atomic E-state index is -0.453. The van der Waals surface area contributed by atoms with Crippen molar-refractivity contribution < 1.29 is 14.4 Å². The maximum absolute atomic E-state index is 11.8. The summed E-state index contributed by atoms with van der Waals surface area (Å²) in [6.07, 6.45) is 0.157. The van der Waals surface area contributed by atoms with Crippen LogP contribution in [0.3, 0.4) is 0 Å². The molecule has 94 valence electrons. The number of hydrogen-bond acceptors (Lipinski definition) is 3. The summed E-state index contributed by atoms with van der Waals surface area (Å²) in [5.41, 5.74) is 6.48. The monoisotopic (exact) mass is 246 g/mol. The van der Waals surface area contributed by atoms with E-state index in [0.29, 0.717) is 17.8 Å². The van der Waals surface area contributed by atoms with Crippen molar-refractivity contribution in [2.75, 3.05) is 11.4 Å². The number of anilines is 1. The molecule has 1 aromatic rings. The molecule has 0 spiro atoms. The van der Waals surface area contributed by atoms with Crippen LogP contribution in [0.25, 0.3) is 0 Å². The fraction of sp³-hybridized carbons (Fsp3) is 0.308. The van der Waals surface area contributed by atoms with E-state index in [2.05, 4.69) is 0 Å². The van der Waals surface area contributed by atoms with E-state index in [4.69, 9.17) is 5.73 Å². The van der Waals surface area contributed by atoms with Crippen LogP contribution in [0.1, 0.15) is 23.7 Å². The molecule has 1 heterocycles. The normalized spacial score (nSPS) is 19.1. The first-order chi connectivity index (χ1) is 8.49. The number of ketones is 1. The number of nitrogens with two attached hydrogens (primary N) is 1. The standard InChI is InChI=1S/C13H14N2O3/c1-8(16)9-2-4-11(5-3-9)15-7-10(13(14)18)6-12(15)17/h2-5,10H,6-7H2,1H3,(H2,14,18). The summed E-state index contributed by atoms with van der Waals surface area (Å²) >= 11 is 0. The van der Waals surface area contributed by atoms with Gasteiger partial charge in [-0.2, -0.15) is 0 Å². The molecule has 1 unspecified atom stereocenters. The number of Topliss-reactive ketones (excluding diaryl/α,β-unsaturated/α-hetero) is 1. The number of carbonyl (C=O) groups excluding carboxylic acids is 3. The zero-order valence-electron chi connectivity index (χ0n) is 10.1. The predicted octanol–water partition coefficient (Wildman–Crippen LogP) is 0.727. The van der Waals surface area contributed by atoms with E-state index in [0.717, 1.165) is 0 Å². The highest BCUT2D eigenvalue weighted by atomic mass is 16.2. The third-order valence-electron chi connectivity index (χ3n) is 3.11. The first-order valence-corrected chi connectivity index (χ1v) is 5.69. The highest BCUT2D eigenvalue weighted by Gasteiger charge is 2.33. The summed E-state index contributed by atoms with van der Waals surface area (Å²) in [6.45, 7) is 1.80. The van der Waals surface area contributed by atoms with Crippen LogP contribution in [-0.2, 0) is 9.59 Å². The number of rotatable bonds is 3. The SMILES string of the molecule is CC(=O)c1ccc(N2CC(C(N)=O)CC2=O)cc1. The zero-order chi connectivity index (χ0) is 13.3. The third kappa shape index (κ3) is 2.25. The second kappa shape index (κ2) is 4.60. The Labute approximate surface area is 105 Å². The topological polar surface area (TPSA) is 80.5 Å². The summed E-state index contributed by atoms with van der Waals surface area (Å²) in [6, 6.07) is 6.75. The Kier molecular flexibility index (Phi) is 3.14. The van der Waals surface area contributed by atoms with Gasteiger partial charge in [-0.3, -0.25) is 14.4 Å². The average molecular weight is 246 g/mol. The molecule has 2 rings (SSSR count). The van der Waals surface area contributed by atoms with Gasteiger partial charge in [0, 0.05) is 24.2 Å². The van der Waals surface area contributed by atoms with Gasteiger partial charge in [0.1, 0.15) is 0 Å². The Balaban J connectivity index is 2.19. The highest BCUT2D eigenvalue weighted by Crippen LogP contribution is 2.25. The van der Waals surface area contributed by atoms with Crippen LogP contribution in [0, 0.1) is 5.92 Å². The summed E-state index contributed by atoms with van der Waals surface area (Å²) in [5.74, 6) is -1.02. The summed E-state index contributed by atoms with van der Waals surface area (Å²) in [4.78, 5) is 35.5. The van der Waals surface area contributed by atoms with Gasteiger partial charge in [-0.1, -0.05) is 0 Å². The molecular formula is C13H14N2O3. The summed E-state index contributed by atoms with van der Waals surface area (Å²) in [5, 5.41) is 0. The molecule has 1 atom stereocenters. The molecule has 1 aliphatic heterocycles. The molecule has 1 fully saturated rings. The van der Waals surface area contributed by atoms with Crippen LogP contribution in [0.5, 0.6) is 0 Å². The van der Waals surface area contributed by atoms with Gasteiger partial charge in [-0.25, -0.2) is 0 Å². The minimum Gasteiger partial charge on any atom is -0.369 e. The van der Waals surface area contributed by atoms with E-state index in [9.17, 15) is 14.4 Å². The molecule has 1 aliphatic rings. The first-order valence-electron chi connectivity index (χ1n) is 5.69. The fourth-order valence-corrected chi connectivity index (χ4v) is 2.02. The molecule has 0 aliphatic carbocycles. The number of hydrogen-bond donors (Lipinski definition) is 1. The van der Waals surface area contributed by atoms with Gasteiger partial charge in [0.2, 0.25) is 11.8 Å². The van der Waals surface area contributed by atoms with Crippen molar-refractivity contribution in [3.8, 4) is 0 Å². The van der Waals surface area contributed by atoms with Crippen LogP contribution in [-0.4, -0.2) is 24.1 Å². The molecule has 2 N–H and O–H groups in total. The summed E-state index contributed by atoms with van der Waals surface area (Å²) in [7, 11) is 0. The van der Waals surface area contributed by atoms with Crippen LogP contribution in [0.2, 0.25) is 0 Å². The van der Waals surface area contributed by atoms with E-state index in [-0.39, 0.29) is 18.1 Å². The smallest absolute Gasteiger partial charge is 0.227 e. The molecule has 5 heteroatoms. The Hall–Kier alpha value is -2.17. The van der Waals surface area contributed by atoms with Crippen molar-refractivity contribution in [1.29, 1.82) is 0 Å². The lowest BCUT2D eigenvalue weighted by Gasteiger charge is -2.16. The number of carbonyl (C=O) groups is 3. The zero-order valence-corrected chi connectivity index (χ0v) is 10.1. The van der Waals surface area contributed by atoms with Crippen LogP contribution < -0.4 is 10.6 Å². The van der Waals surface area contributed by atoms with Gasteiger partial charge >= 0.3 is 0 Å². The van der Waals surface area contributed by atoms with E-state index in [1.807, 2.05) is 0 Å². The fourth-order valence-electron chi connectivity index (χ4n) is 2.02. The highest BCUT2D eigenvalue weighted by molar-refractivity contribution is 6.00. The molecule has 18 heavy (non-hydrogen) atoms. The molecule has 1 saturated heterocycles. The third-order valence-corrected chi connectivity index (χ3v) is 3.11. The van der Waals surface area contributed by atoms with Crippen LogP contribution >= 0.6 is 0 Å². The maximum atomic E-state index is 11.8. The van der Waals surface area contributed by atoms with Gasteiger partial charge < -0.3 is 10.6 Å². The largest absolute Gasteiger partial charge is 0.369 e. The average Bonchev–Trinajstić information content (AvgIpc) is 2.71. The predicted molar refractivity (Wildman–Crippen MR) is 66.1 cm³/mol. The molecule has 5 nitrogen and oxygen atoms in total. The second-order valence-electron chi connectivity index (χ2n) is 4.41. The molecule has 0 radical (unpaired) electrons. The van der Waals surface area contributed by atoms with Gasteiger partial charge in [-0.15, -0.1) is 0 Å². The van der Waals surface area contributed by atoms with Crippen LogP contribution in [0.15, 0.2) is 24.3 Å². The Morgan fingerprint density at radius 2 is 1.89 bits per heavy atom. The van der Waals surface area contributed by atoms with Gasteiger partial charge in [0.15, 0.2) is 5.78 Å². The first kappa shape index (κ1) is 12.3. The second-order valence-corrected chi connectivity index (χ2v) is 4.41. The van der Waals surface area contributed by atoms with Crippen LogP contribution in [0.4, 0.5) is 5.69 Å². The van der Waals surface area contributed by atoms with Crippen molar-refractivity contribution >= 4 is 23.3 Å². The minimum absolute atomic E-state index is 0.0238. The van der Waals surface area contributed by atoms with E-state index < -0.39 is 11.8 Å². The molecule has 0 saturated carbocycles. The molecular weight excluding hydrogens is 232 g/mol. The van der Waals surface area contributed by atoms with E-state index in [1.54, 1.807) is 24.3 Å². The number of benzene rings is 1. The van der Waals surface area contributed by atoms with Crippen molar-refractivity contribution in [2.45, 2.75) is 13.3 Å². The number of nitrogens with zero attached hydrogens (tertiary/aromatic N) is 1. The van der Waals surface area contributed by atoms with Crippen molar-refractivity contribution in [3.63, 3.8) is 0 Å². The van der Waals surface area contributed by atoms with Crippen molar-refractivity contribution in [1.82, 2.24) is 0 Å². The maximum Gasteiger partial charge on any atom is 0.227 e. The molecule has 0 aromatic heterocycles. The van der Waals surface area contributed by atoms with Gasteiger partial charge in [0.25, 0.3) is 0 Å². The lowest BCUT2D eigenvalue weighted by molar-refractivity contribution is -0.123. The Bertz CT molecular complexity index is 507. The van der Waals surface area contributed by atoms with Gasteiger partial charge in [-0.05, 0) is 31.2 Å². The lowest BCUT2D eigenvalue weighted by atomic mass is 10.1. The van der Waals surface area contributed by atoms with E-state index >= 15 is 0 Å². The van der Waals surface area contributed by atoms with Crippen molar-refractivity contribution in [3.05, 3.63) is 29.8 Å². The number of primary amides is 1. The molecule has 1 aromatic carbocycles. The molecule has 2 amide bonds. The Morgan fingerprint density at radius 3 is 2.33 bits per heavy atom.